The largest absolute Gasteiger partial charge is 0.393 e. The molecule has 0 spiro atoms. The molecule has 0 aromatic heterocycles. The monoisotopic (exact) mass is 445 g/mol. The van der Waals surface area contributed by atoms with Gasteiger partial charge < -0.3 is 10.4 Å². The Morgan fingerprint density at radius 2 is 1.62 bits per heavy atom. The number of carbonyl (C=O) groups excluding carboxylic acids is 1. The fourth-order valence-corrected chi connectivity index (χ4v) is 9.77. The van der Waals surface area contributed by atoms with Crippen molar-refractivity contribution in [1.29, 1.82) is 0 Å². The minimum atomic E-state index is -0.183. The second-order valence-corrected chi connectivity index (χ2v) is 13.5. The predicted molar refractivity (Wildman–Crippen MR) is 132 cm³/mol. The van der Waals surface area contributed by atoms with Gasteiger partial charge in [-0.25, -0.2) is 0 Å². The first kappa shape index (κ1) is 24.6. The molecule has 10 atom stereocenters. The highest BCUT2D eigenvalue weighted by molar-refractivity contribution is 5.73. The summed E-state index contributed by atoms with van der Waals surface area (Å²) in [6.45, 7) is 14.1. The first-order valence-corrected chi connectivity index (χ1v) is 14.0. The Morgan fingerprint density at radius 1 is 0.938 bits per heavy atom. The maximum Gasteiger partial charge on any atom is 0.217 e. The standard InChI is InChI=1S/C29H51NO2/c1-18(2)8-7-9-19(3)23-10-11-24-22-17-27(30-20(4)31)26-16-21(32)12-14-29(26,6)25(22)13-15-28(23,24)5/h18-19,21-27,32H,7-17H2,1-6H3,(H,30,31)/t19-,21-,22+,23-,24+,25+,26-,27+,28-,29-/m1/s1. The van der Waals surface area contributed by atoms with Crippen molar-refractivity contribution in [2.24, 2.45) is 52.3 Å². The van der Waals surface area contributed by atoms with Crippen LogP contribution in [0.5, 0.6) is 0 Å². The zero-order valence-corrected chi connectivity index (χ0v) is 21.8. The minimum Gasteiger partial charge on any atom is -0.393 e. The molecular weight excluding hydrogens is 394 g/mol. The van der Waals surface area contributed by atoms with Crippen LogP contribution in [0.3, 0.4) is 0 Å². The molecule has 184 valence electrons. The Hall–Kier alpha value is -0.570. The number of aliphatic hydroxyl groups excluding tert-OH is 1. The third-order valence-corrected chi connectivity index (χ3v) is 11.3. The molecule has 4 saturated carbocycles. The summed E-state index contributed by atoms with van der Waals surface area (Å²) in [5.41, 5.74) is 0.758. The van der Waals surface area contributed by atoms with E-state index in [1.165, 1.54) is 44.9 Å². The Balaban J connectivity index is 1.55. The molecule has 0 radical (unpaired) electrons. The molecular formula is C29H51NO2. The molecule has 0 heterocycles. The number of hydrogen-bond acceptors (Lipinski definition) is 2. The molecule has 3 nitrogen and oxygen atoms in total. The Labute approximate surface area is 197 Å². The van der Waals surface area contributed by atoms with Crippen LogP contribution in [0.25, 0.3) is 0 Å². The maximum atomic E-state index is 12.1. The van der Waals surface area contributed by atoms with Crippen LogP contribution >= 0.6 is 0 Å². The summed E-state index contributed by atoms with van der Waals surface area (Å²) in [6, 6.07) is 0.249. The average molecular weight is 446 g/mol. The Morgan fingerprint density at radius 3 is 2.31 bits per heavy atom. The van der Waals surface area contributed by atoms with Gasteiger partial charge in [0.2, 0.25) is 5.91 Å². The number of amides is 1. The van der Waals surface area contributed by atoms with Gasteiger partial charge in [0.05, 0.1) is 6.10 Å². The lowest BCUT2D eigenvalue weighted by Crippen LogP contribution is -2.61. The van der Waals surface area contributed by atoms with Gasteiger partial charge in [-0.15, -0.1) is 0 Å². The van der Waals surface area contributed by atoms with Crippen LogP contribution in [0, 0.1) is 52.3 Å². The lowest BCUT2D eigenvalue weighted by molar-refractivity contribution is -0.146. The van der Waals surface area contributed by atoms with E-state index in [4.69, 9.17) is 0 Å². The molecule has 4 aliphatic carbocycles. The fraction of sp³-hybridized carbons (Fsp3) is 0.966. The molecule has 0 unspecified atom stereocenters. The molecule has 0 aliphatic heterocycles. The van der Waals surface area contributed by atoms with Crippen LogP contribution in [-0.2, 0) is 4.79 Å². The number of hydrogen-bond donors (Lipinski definition) is 2. The predicted octanol–water partition coefficient (Wildman–Crippen LogP) is 6.58. The summed E-state index contributed by atoms with van der Waals surface area (Å²) < 4.78 is 0. The van der Waals surface area contributed by atoms with E-state index in [0.29, 0.717) is 11.3 Å². The molecule has 3 heteroatoms. The van der Waals surface area contributed by atoms with Gasteiger partial charge in [0.25, 0.3) is 0 Å². The van der Waals surface area contributed by atoms with Gasteiger partial charge in [-0.05, 0) is 104 Å². The van der Waals surface area contributed by atoms with E-state index in [2.05, 4.69) is 39.9 Å². The van der Waals surface area contributed by atoms with Crippen molar-refractivity contribution in [3.63, 3.8) is 0 Å². The summed E-state index contributed by atoms with van der Waals surface area (Å²) >= 11 is 0. The van der Waals surface area contributed by atoms with E-state index >= 15 is 0 Å². The zero-order chi connectivity index (χ0) is 23.3. The SMILES string of the molecule is CC(=O)N[C@H]1C[C@@H]2[C@H](CC[C@]3(C)[C@@H]([C@H](C)CCCC(C)C)CC[C@@H]23)[C@@]2(C)CC[C@@H](O)C[C@H]12. The summed E-state index contributed by atoms with van der Waals surface area (Å²) in [5, 5.41) is 13.9. The third-order valence-electron chi connectivity index (χ3n) is 11.3. The van der Waals surface area contributed by atoms with E-state index in [-0.39, 0.29) is 23.5 Å². The number of nitrogens with one attached hydrogen (secondary N) is 1. The highest BCUT2D eigenvalue weighted by Gasteiger charge is 2.62. The molecule has 4 aliphatic rings. The van der Waals surface area contributed by atoms with Crippen LogP contribution in [0.2, 0.25) is 0 Å². The molecule has 1 amide bonds. The Kier molecular flexibility index (Phi) is 7.08. The molecule has 0 saturated heterocycles. The fourth-order valence-electron chi connectivity index (χ4n) is 9.77. The molecule has 32 heavy (non-hydrogen) atoms. The van der Waals surface area contributed by atoms with E-state index in [1.54, 1.807) is 6.92 Å². The highest BCUT2D eigenvalue weighted by atomic mass is 16.3. The average Bonchev–Trinajstić information content (AvgIpc) is 3.06. The number of fused-ring (bicyclic) bond motifs is 5. The van der Waals surface area contributed by atoms with Crippen molar-refractivity contribution >= 4 is 5.91 Å². The quantitative estimate of drug-likeness (QED) is 0.485. The molecule has 2 N–H and O–H groups in total. The summed E-state index contributed by atoms with van der Waals surface area (Å²) in [4.78, 5) is 12.1. The van der Waals surface area contributed by atoms with Crippen LogP contribution in [0.4, 0.5) is 0 Å². The van der Waals surface area contributed by atoms with Crippen LogP contribution in [0.15, 0.2) is 0 Å². The molecule has 0 aromatic carbocycles. The Bertz CT molecular complexity index is 676. The first-order chi connectivity index (χ1) is 15.1. The maximum absolute atomic E-state index is 12.1. The van der Waals surface area contributed by atoms with Crippen molar-refractivity contribution < 1.29 is 9.90 Å². The summed E-state index contributed by atoms with van der Waals surface area (Å²) in [6.07, 6.45) is 13.6. The van der Waals surface area contributed by atoms with Crippen LogP contribution in [0.1, 0.15) is 112 Å². The number of rotatable bonds is 6. The second kappa shape index (κ2) is 9.23. The van der Waals surface area contributed by atoms with Gasteiger partial charge in [-0.3, -0.25) is 4.79 Å². The van der Waals surface area contributed by atoms with Gasteiger partial charge >= 0.3 is 0 Å². The van der Waals surface area contributed by atoms with Crippen LogP contribution < -0.4 is 5.32 Å². The van der Waals surface area contributed by atoms with Gasteiger partial charge in [0.1, 0.15) is 0 Å². The van der Waals surface area contributed by atoms with Crippen molar-refractivity contribution in [2.75, 3.05) is 0 Å². The van der Waals surface area contributed by atoms with Gasteiger partial charge in [0.15, 0.2) is 0 Å². The third kappa shape index (κ3) is 4.29. The smallest absolute Gasteiger partial charge is 0.217 e. The lowest BCUT2D eigenvalue weighted by Gasteiger charge is -2.63. The molecule has 0 bridgehead atoms. The summed E-state index contributed by atoms with van der Waals surface area (Å²) in [5.74, 6) is 5.42. The zero-order valence-electron chi connectivity index (χ0n) is 21.8. The van der Waals surface area contributed by atoms with Crippen molar-refractivity contribution in [3.05, 3.63) is 0 Å². The van der Waals surface area contributed by atoms with Gasteiger partial charge in [-0.2, -0.15) is 0 Å². The van der Waals surface area contributed by atoms with E-state index in [1.807, 2.05) is 0 Å². The minimum absolute atomic E-state index is 0.109. The van der Waals surface area contributed by atoms with E-state index < -0.39 is 0 Å². The number of carbonyl (C=O) groups is 1. The topological polar surface area (TPSA) is 49.3 Å². The van der Waals surface area contributed by atoms with Crippen molar-refractivity contribution in [2.45, 2.75) is 124 Å². The number of aliphatic hydroxyl groups is 1. The van der Waals surface area contributed by atoms with Gasteiger partial charge in [0, 0.05) is 13.0 Å². The lowest BCUT2D eigenvalue weighted by atomic mass is 9.43. The van der Waals surface area contributed by atoms with Gasteiger partial charge in [-0.1, -0.05) is 53.9 Å². The normalized spacial score (nSPS) is 46.8. The highest BCUT2D eigenvalue weighted by Crippen LogP contribution is 2.68. The molecule has 4 rings (SSSR count). The second-order valence-electron chi connectivity index (χ2n) is 13.5. The van der Waals surface area contributed by atoms with Crippen molar-refractivity contribution in [1.82, 2.24) is 5.32 Å². The molecule has 4 fully saturated rings. The van der Waals surface area contributed by atoms with E-state index in [9.17, 15) is 9.90 Å². The van der Waals surface area contributed by atoms with Crippen LogP contribution in [-0.4, -0.2) is 23.2 Å². The first-order valence-electron chi connectivity index (χ1n) is 14.0. The summed E-state index contributed by atoms with van der Waals surface area (Å²) in [7, 11) is 0. The molecule has 0 aromatic rings. The van der Waals surface area contributed by atoms with E-state index in [0.717, 1.165) is 61.2 Å². The van der Waals surface area contributed by atoms with Crippen molar-refractivity contribution in [3.8, 4) is 0 Å².